The van der Waals surface area contributed by atoms with E-state index in [-0.39, 0.29) is 6.57 Å². The standard InChI is InChI=1S/C19H20BN3Si/c1-24(2,16-10-4-3-5-11-16)20-22-17-12-6-7-13-18(17)23(20)19-14-8-9-15-21-19/h3-15,22H,1-2H3. The van der Waals surface area contributed by atoms with Gasteiger partial charge in [-0.2, -0.15) is 0 Å². The third-order valence-corrected chi connectivity index (χ3v) is 8.40. The molecule has 118 valence electrons. The van der Waals surface area contributed by atoms with Gasteiger partial charge in [0.2, 0.25) is 0 Å². The first-order valence-corrected chi connectivity index (χ1v) is 11.4. The van der Waals surface area contributed by atoms with E-state index in [4.69, 9.17) is 0 Å². The van der Waals surface area contributed by atoms with Crippen molar-refractivity contribution in [1.29, 1.82) is 0 Å². The van der Waals surface area contributed by atoms with Gasteiger partial charge in [-0.3, -0.25) is 0 Å². The molecule has 0 amide bonds. The third kappa shape index (κ3) is 2.41. The van der Waals surface area contributed by atoms with E-state index in [2.05, 4.69) is 94.8 Å². The molecule has 2 heterocycles. The molecule has 0 spiro atoms. The summed E-state index contributed by atoms with van der Waals surface area (Å²) in [5.74, 6) is 0.997. The Morgan fingerprint density at radius 2 is 1.58 bits per heavy atom. The molecule has 1 aromatic heterocycles. The predicted molar refractivity (Wildman–Crippen MR) is 106 cm³/mol. The van der Waals surface area contributed by atoms with E-state index < -0.39 is 7.94 Å². The molecule has 5 heteroatoms. The van der Waals surface area contributed by atoms with Gasteiger partial charge in [0, 0.05) is 11.9 Å². The van der Waals surface area contributed by atoms with Gasteiger partial charge in [0.1, 0.15) is 13.8 Å². The number of nitrogens with zero attached hydrogens (tertiary/aromatic N) is 2. The van der Waals surface area contributed by atoms with Crippen LogP contribution in [0, 0.1) is 0 Å². The molecule has 0 unspecified atom stereocenters. The fraction of sp³-hybridized carbons (Fsp3) is 0.105. The van der Waals surface area contributed by atoms with E-state index in [0.717, 1.165) is 5.82 Å². The lowest BCUT2D eigenvalue weighted by Gasteiger charge is -2.33. The average Bonchev–Trinajstić information content (AvgIpc) is 3.03. The quantitative estimate of drug-likeness (QED) is 0.740. The lowest BCUT2D eigenvalue weighted by Crippen LogP contribution is -2.65. The Balaban J connectivity index is 1.83. The van der Waals surface area contributed by atoms with Crippen LogP contribution in [0.15, 0.2) is 79.0 Å². The Labute approximate surface area is 144 Å². The minimum Gasteiger partial charge on any atom is -0.410 e. The lowest BCUT2D eigenvalue weighted by molar-refractivity contribution is 1.25. The molecule has 0 bridgehead atoms. The Kier molecular flexibility index (Phi) is 3.65. The highest BCUT2D eigenvalue weighted by Gasteiger charge is 2.48. The van der Waals surface area contributed by atoms with Crippen LogP contribution in [-0.4, -0.2) is 19.5 Å². The number of hydrogen-bond acceptors (Lipinski definition) is 3. The molecule has 0 saturated heterocycles. The van der Waals surface area contributed by atoms with Crippen molar-refractivity contribution < 1.29 is 0 Å². The van der Waals surface area contributed by atoms with Crippen molar-refractivity contribution in [2.75, 3.05) is 10.0 Å². The van der Waals surface area contributed by atoms with Crippen molar-refractivity contribution >= 4 is 36.9 Å². The smallest absolute Gasteiger partial charge is 0.364 e. The zero-order chi connectivity index (χ0) is 16.6. The monoisotopic (exact) mass is 329 g/mol. The van der Waals surface area contributed by atoms with Crippen LogP contribution in [0.2, 0.25) is 13.1 Å². The number of nitrogens with one attached hydrogen (secondary N) is 1. The summed E-state index contributed by atoms with van der Waals surface area (Å²) in [7, 11) is -1.82. The molecule has 1 N–H and O–H groups in total. The van der Waals surface area contributed by atoms with Crippen LogP contribution in [0.25, 0.3) is 0 Å². The van der Waals surface area contributed by atoms with Crippen LogP contribution < -0.4 is 15.2 Å². The van der Waals surface area contributed by atoms with Crippen LogP contribution in [0.4, 0.5) is 17.2 Å². The molecule has 0 fully saturated rings. The number of fused-ring (bicyclic) bond motifs is 1. The lowest BCUT2D eigenvalue weighted by atomic mass is 10.1. The van der Waals surface area contributed by atoms with E-state index in [1.807, 2.05) is 12.3 Å². The second-order valence-corrected chi connectivity index (χ2v) is 11.3. The molecule has 0 radical (unpaired) electrons. The number of benzene rings is 2. The number of rotatable bonds is 3. The summed E-state index contributed by atoms with van der Waals surface area (Å²) < 4.78 is 0. The minimum absolute atomic E-state index is 0.229. The van der Waals surface area contributed by atoms with Crippen molar-refractivity contribution in [3.8, 4) is 0 Å². The Hall–Kier alpha value is -2.53. The van der Waals surface area contributed by atoms with E-state index in [1.165, 1.54) is 16.6 Å². The number of para-hydroxylation sites is 2. The highest BCUT2D eigenvalue weighted by atomic mass is 28.3. The Morgan fingerprint density at radius 3 is 2.33 bits per heavy atom. The maximum Gasteiger partial charge on any atom is 0.364 e. The minimum atomic E-state index is -1.82. The predicted octanol–water partition coefficient (Wildman–Crippen LogP) is 3.83. The summed E-state index contributed by atoms with van der Waals surface area (Å²) in [5, 5.41) is 5.21. The summed E-state index contributed by atoms with van der Waals surface area (Å²) in [4.78, 5) is 6.99. The number of pyridine rings is 1. The van der Waals surface area contributed by atoms with Gasteiger partial charge in [-0.1, -0.05) is 66.8 Å². The van der Waals surface area contributed by atoms with Crippen molar-refractivity contribution in [1.82, 2.24) is 4.98 Å². The van der Waals surface area contributed by atoms with Crippen LogP contribution in [-0.2, 0) is 0 Å². The van der Waals surface area contributed by atoms with Crippen LogP contribution in [0.5, 0.6) is 0 Å². The van der Waals surface area contributed by atoms with E-state index in [0.29, 0.717) is 0 Å². The topological polar surface area (TPSA) is 28.2 Å². The van der Waals surface area contributed by atoms with Gasteiger partial charge < -0.3 is 10.0 Å². The van der Waals surface area contributed by atoms with Gasteiger partial charge in [-0.15, -0.1) is 0 Å². The summed E-state index contributed by atoms with van der Waals surface area (Å²) in [6.07, 6.45) is 1.87. The van der Waals surface area contributed by atoms with E-state index in [1.54, 1.807) is 0 Å². The largest absolute Gasteiger partial charge is 0.410 e. The highest BCUT2D eigenvalue weighted by Crippen LogP contribution is 2.39. The molecule has 3 aromatic rings. The van der Waals surface area contributed by atoms with Crippen LogP contribution in [0.3, 0.4) is 0 Å². The molecule has 0 saturated carbocycles. The van der Waals surface area contributed by atoms with Gasteiger partial charge in [-0.25, -0.2) is 4.98 Å². The normalized spacial score (nSPS) is 13.6. The van der Waals surface area contributed by atoms with Crippen LogP contribution >= 0.6 is 0 Å². The van der Waals surface area contributed by atoms with Crippen LogP contribution in [0.1, 0.15) is 0 Å². The van der Waals surface area contributed by atoms with Gasteiger partial charge >= 0.3 is 6.57 Å². The van der Waals surface area contributed by atoms with Crippen molar-refractivity contribution in [2.45, 2.75) is 13.1 Å². The molecule has 0 aliphatic carbocycles. The maximum absolute atomic E-state index is 4.63. The second-order valence-electron chi connectivity index (χ2n) is 6.71. The molecule has 1 aliphatic rings. The molecule has 2 aromatic carbocycles. The first-order chi connectivity index (χ1) is 11.7. The Bertz CT molecular complexity index is 840. The first-order valence-electron chi connectivity index (χ1n) is 8.29. The van der Waals surface area contributed by atoms with Crippen molar-refractivity contribution in [3.05, 3.63) is 79.0 Å². The third-order valence-electron chi connectivity index (χ3n) is 4.81. The summed E-state index contributed by atoms with van der Waals surface area (Å²) in [5.41, 5.74) is 2.39. The number of aromatic nitrogens is 1. The van der Waals surface area contributed by atoms with Gasteiger partial charge in [0.05, 0.1) is 5.69 Å². The Morgan fingerprint density at radius 1 is 0.875 bits per heavy atom. The highest BCUT2D eigenvalue weighted by molar-refractivity contribution is 7.40. The van der Waals surface area contributed by atoms with Crippen molar-refractivity contribution in [2.24, 2.45) is 0 Å². The molecular weight excluding hydrogens is 309 g/mol. The molecule has 3 nitrogen and oxygen atoms in total. The fourth-order valence-corrected chi connectivity index (χ4v) is 6.24. The summed E-state index contributed by atoms with van der Waals surface area (Å²) in [6.45, 7) is 5.07. The molecule has 0 atom stereocenters. The van der Waals surface area contributed by atoms with Crippen molar-refractivity contribution in [3.63, 3.8) is 0 Å². The zero-order valence-corrected chi connectivity index (χ0v) is 15.0. The van der Waals surface area contributed by atoms with E-state index in [9.17, 15) is 0 Å². The number of hydrogen-bond donors (Lipinski definition) is 1. The summed E-state index contributed by atoms with van der Waals surface area (Å²) >= 11 is 0. The first kappa shape index (κ1) is 15.0. The zero-order valence-electron chi connectivity index (χ0n) is 14.0. The maximum atomic E-state index is 4.63. The molecule has 4 rings (SSSR count). The second kappa shape index (κ2) is 5.84. The number of anilines is 3. The molecular formula is C19H20BN3Si. The van der Waals surface area contributed by atoms with Gasteiger partial charge in [0.25, 0.3) is 0 Å². The molecule has 1 aliphatic heterocycles. The van der Waals surface area contributed by atoms with Gasteiger partial charge in [-0.05, 0) is 24.3 Å². The fourth-order valence-electron chi connectivity index (χ4n) is 3.44. The SMILES string of the molecule is C[Si](C)(B1Nc2ccccc2N1c1ccccn1)c1ccccc1. The summed E-state index contributed by atoms with van der Waals surface area (Å²) in [6, 6.07) is 25.5. The average molecular weight is 329 g/mol. The van der Waals surface area contributed by atoms with E-state index >= 15 is 0 Å². The van der Waals surface area contributed by atoms with Gasteiger partial charge in [0.15, 0.2) is 0 Å². The molecule has 24 heavy (non-hydrogen) atoms.